The van der Waals surface area contributed by atoms with Crippen molar-refractivity contribution in [1.82, 2.24) is 5.32 Å². The average Bonchev–Trinajstić information content (AvgIpc) is 0.807. The zero-order valence-corrected chi connectivity index (χ0v) is 61.6. The number of hydrogen-bond acceptors (Lipinski definition) is 13. The first-order chi connectivity index (χ1) is 47.1. The van der Waals surface area contributed by atoms with E-state index in [1.54, 1.807) is 6.08 Å². The fraction of sp³-hybridized carbons (Fsp3) is 0.866. The number of allylic oxidation sites excluding steroid dienone is 9. The lowest BCUT2D eigenvalue weighted by Crippen LogP contribution is -2.65. The van der Waals surface area contributed by atoms with Crippen LogP contribution in [0, 0.1) is 0 Å². The largest absolute Gasteiger partial charge is 0.394 e. The van der Waals surface area contributed by atoms with Crippen LogP contribution in [-0.2, 0) is 23.7 Å². The first kappa shape index (κ1) is 89.8. The number of amides is 1. The quantitative estimate of drug-likeness (QED) is 0.0204. The summed E-state index contributed by atoms with van der Waals surface area (Å²) in [5.74, 6) is -0.243. The van der Waals surface area contributed by atoms with Crippen LogP contribution in [-0.4, -0.2) is 140 Å². The van der Waals surface area contributed by atoms with Crippen molar-refractivity contribution < 1.29 is 64.6 Å². The van der Waals surface area contributed by atoms with Crippen molar-refractivity contribution in [2.45, 2.75) is 434 Å². The van der Waals surface area contributed by atoms with Gasteiger partial charge in [-0.05, 0) is 70.6 Å². The average molecular weight is 1360 g/mol. The molecule has 0 aromatic heterocycles. The Balaban J connectivity index is 1.57. The van der Waals surface area contributed by atoms with Crippen LogP contribution in [0.4, 0.5) is 0 Å². The van der Waals surface area contributed by atoms with Gasteiger partial charge in [0, 0.05) is 6.42 Å². The van der Waals surface area contributed by atoms with E-state index in [1.807, 2.05) is 6.08 Å². The van der Waals surface area contributed by atoms with Gasteiger partial charge in [0.25, 0.3) is 0 Å². The molecule has 0 spiro atoms. The standard InChI is InChI=1S/C82H151NO13/c1-3-5-7-9-11-13-15-17-19-21-23-25-26-27-28-29-30-31-32-33-34-35-36-37-38-39-40-41-42-43-44-46-48-50-52-54-56-58-60-62-64-66-74(87)83-70(71(86)65-63-61-59-57-55-53-51-49-47-45-24-22-20-18-16-14-12-10-8-6-4-2)69-93-81-79(92)77(90)80(73(68-85)95-81)96-82-78(91)76(89)75(88)72(67-84)94-82/h15,17,21,23,26-27,55,57,63,65,70-73,75-82,84-86,88-92H,3-14,16,18-20,22,24-25,28-54,56,58-62,64,66-69H2,1-2H3,(H,83,87)/b17-15-,23-21-,27-26-,57-55+,65-63+. The number of aliphatic hydroxyl groups is 8. The van der Waals surface area contributed by atoms with Crippen molar-refractivity contribution >= 4 is 5.91 Å². The molecule has 2 aliphatic heterocycles. The molecule has 0 aromatic rings. The fourth-order valence-electron chi connectivity index (χ4n) is 13.3. The normalized spacial score (nSPS) is 22.5. The minimum absolute atomic E-state index is 0.243. The number of unbranched alkanes of at least 4 members (excludes halogenated alkanes) is 47. The number of aliphatic hydroxyl groups excluding tert-OH is 8. The monoisotopic (exact) mass is 1360 g/mol. The van der Waals surface area contributed by atoms with Crippen LogP contribution < -0.4 is 5.32 Å². The highest BCUT2D eigenvalue weighted by atomic mass is 16.7. The SMILES string of the molecule is CCCCCCC/C=C\C/C=C\C/C=C\CCCCCCCCCCCCCCCCCCCCCCCCCCCCC(=O)NC(COC1OC(CO)C(OC2OC(CO)C(O)C(O)C2O)C(O)C1O)C(O)/C=C/CC/C=C/CCCCCCCCCCCCCCCCC. The maximum Gasteiger partial charge on any atom is 0.220 e. The molecule has 9 N–H and O–H groups in total. The Bertz CT molecular complexity index is 1840. The molecule has 0 aromatic carbocycles. The number of carbonyl (C=O) groups excluding carboxylic acids is 1. The Morgan fingerprint density at radius 3 is 1.09 bits per heavy atom. The van der Waals surface area contributed by atoms with Crippen LogP contribution in [0.1, 0.15) is 361 Å². The van der Waals surface area contributed by atoms with Crippen LogP contribution in [0.15, 0.2) is 60.8 Å². The van der Waals surface area contributed by atoms with E-state index in [0.717, 1.165) is 44.9 Å². The van der Waals surface area contributed by atoms with Crippen molar-refractivity contribution in [2.24, 2.45) is 0 Å². The number of hydrogen-bond donors (Lipinski definition) is 9. The Kier molecular flexibility index (Phi) is 61.7. The van der Waals surface area contributed by atoms with Crippen LogP contribution in [0.3, 0.4) is 0 Å². The lowest BCUT2D eigenvalue weighted by Gasteiger charge is -2.46. The third-order valence-electron chi connectivity index (χ3n) is 19.7. The highest BCUT2D eigenvalue weighted by molar-refractivity contribution is 5.76. The first-order valence-electron chi connectivity index (χ1n) is 40.5. The van der Waals surface area contributed by atoms with Gasteiger partial charge in [0.05, 0.1) is 32.0 Å². The van der Waals surface area contributed by atoms with E-state index in [-0.39, 0.29) is 18.9 Å². The Hall–Kier alpha value is -2.31. The summed E-state index contributed by atoms with van der Waals surface area (Å²) in [7, 11) is 0. The van der Waals surface area contributed by atoms with Gasteiger partial charge in [0.15, 0.2) is 12.6 Å². The van der Waals surface area contributed by atoms with E-state index in [0.29, 0.717) is 12.8 Å². The third kappa shape index (κ3) is 48.5. The van der Waals surface area contributed by atoms with E-state index in [1.165, 1.54) is 283 Å². The molecule has 2 fully saturated rings. The zero-order valence-electron chi connectivity index (χ0n) is 61.6. The molecule has 12 atom stereocenters. The summed E-state index contributed by atoms with van der Waals surface area (Å²) in [6.45, 7) is 2.82. The topological polar surface area (TPSA) is 228 Å². The summed E-state index contributed by atoms with van der Waals surface area (Å²) in [4.78, 5) is 13.4. The number of carbonyl (C=O) groups is 1. The third-order valence-corrected chi connectivity index (χ3v) is 19.7. The number of ether oxygens (including phenoxy) is 4. The zero-order chi connectivity index (χ0) is 69.4. The minimum Gasteiger partial charge on any atom is -0.394 e. The molecule has 0 aliphatic carbocycles. The fourth-order valence-corrected chi connectivity index (χ4v) is 13.3. The van der Waals surface area contributed by atoms with Gasteiger partial charge in [-0.15, -0.1) is 0 Å². The van der Waals surface area contributed by atoms with E-state index in [2.05, 4.69) is 67.8 Å². The molecule has 562 valence electrons. The van der Waals surface area contributed by atoms with E-state index >= 15 is 0 Å². The van der Waals surface area contributed by atoms with E-state index < -0.39 is 86.8 Å². The molecule has 96 heavy (non-hydrogen) atoms. The summed E-state index contributed by atoms with van der Waals surface area (Å²) < 4.78 is 22.9. The predicted molar refractivity (Wildman–Crippen MR) is 397 cm³/mol. The molecule has 2 aliphatic rings. The second kappa shape index (κ2) is 66.0. The highest BCUT2D eigenvalue weighted by Gasteiger charge is 2.51. The van der Waals surface area contributed by atoms with Gasteiger partial charge in [-0.1, -0.05) is 344 Å². The van der Waals surface area contributed by atoms with Gasteiger partial charge < -0.3 is 65.1 Å². The van der Waals surface area contributed by atoms with Gasteiger partial charge in [-0.25, -0.2) is 0 Å². The summed E-state index contributed by atoms with van der Waals surface area (Å²) in [5.41, 5.74) is 0. The summed E-state index contributed by atoms with van der Waals surface area (Å²) in [6.07, 6.45) is 73.2. The molecule has 0 saturated carbocycles. The van der Waals surface area contributed by atoms with Gasteiger partial charge in [-0.3, -0.25) is 4.79 Å². The molecular formula is C82H151NO13. The lowest BCUT2D eigenvalue weighted by molar-refractivity contribution is -0.359. The smallest absolute Gasteiger partial charge is 0.220 e. The molecule has 2 heterocycles. The Morgan fingerprint density at radius 2 is 0.698 bits per heavy atom. The molecule has 12 unspecified atom stereocenters. The van der Waals surface area contributed by atoms with Crippen molar-refractivity contribution in [3.05, 3.63) is 60.8 Å². The van der Waals surface area contributed by atoms with E-state index in [4.69, 9.17) is 18.9 Å². The molecule has 14 heteroatoms. The number of rotatable bonds is 68. The predicted octanol–water partition coefficient (Wildman–Crippen LogP) is 18.4. The van der Waals surface area contributed by atoms with Crippen LogP contribution in [0.2, 0.25) is 0 Å². The van der Waals surface area contributed by atoms with Gasteiger partial charge >= 0.3 is 0 Å². The summed E-state index contributed by atoms with van der Waals surface area (Å²) >= 11 is 0. The Morgan fingerprint density at radius 1 is 0.375 bits per heavy atom. The molecule has 0 bridgehead atoms. The van der Waals surface area contributed by atoms with E-state index in [9.17, 15) is 45.6 Å². The Labute approximate surface area is 587 Å². The molecular weight excluding hydrogens is 1210 g/mol. The van der Waals surface area contributed by atoms with Crippen molar-refractivity contribution in [3.8, 4) is 0 Å². The van der Waals surface area contributed by atoms with Crippen LogP contribution >= 0.6 is 0 Å². The van der Waals surface area contributed by atoms with Crippen molar-refractivity contribution in [2.75, 3.05) is 19.8 Å². The molecule has 0 radical (unpaired) electrons. The van der Waals surface area contributed by atoms with Gasteiger partial charge in [0.2, 0.25) is 5.91 Å². The maximum absolute atomic E-state index is 13.4. The minimum atomic E-state index is -1.79. The first-order valence-corrected chi connectivity index (χ1v) is 40.5. The van der Waals surface area contributed by atoms with Crippen LogP contribution in [0.5, 0.6) is 0 Å². The molecule has 1 amide bonds. The maximum atomic E-state index is 13.4. The summed E-state index contributed by atoms with van der Waals surface area (Å²) in [5, 5.41) is 87.6. The molecule has 2 saturated heterocycles. The van der Waals surface area contributed by atoms with Gasteiger partial charge in [0.1, 0.15) is 48.8 Å². The van der Waals surface area contributed by atoms with Crippen LogP contribution in [0.25, 0.3) is 0 Å². The second-order valence-electron chi connectivity index (χ2n) is 28.5. The second-order valence-corrected chi connectivity index (χ2v) is 28.5. The van der Waals surface area contributed by atoms with Crippen molar-refractivity contribution in [1.29, 1.82) is 0 Å². The molecule has 14 nitrogen and oxygen atoms in total. The highest BCUT2D eigenvalue weighted by Crippen LogP contribution is 2.30. The number of nitrogens with one attached hydrogen (secondary N) is 1. The molecule has 2 rings (SSSR count). The van der Waals surface area contributed by atoms with Crippen molar-refractivity contribution in [3.63, 3.8) is 0 Å². The summed E-state index contributed by atoms with van der Waals surface area (Å²) in [6, 6.07) is -0.932. The van der Waals surface area contributed by atoms with Gasteiger partial charge in [-0.2, -0.15) is 0 Å². The lowest BCUT2D eigenvalue weighted by atomic mass is 9.97.